The Labute approximate surface area is 204 Å². The Morgan fingerprint density at radius 2 is 2.06 bits per heavy atom. The van der Waals surface area contributed by atoms with Crippen molar-refractivity contribution in [2.24, 2.45) is 5.73 Å². The number of benzene rings is 1. The second-order valence-corrected chi connectivity index (χ2v) is 8.77. The average Bonchev–Trinajstić information content (AvgIpc) is 3.57. The highest BCUT2D eigenvalue weighted by molar-refractivity contribution is 7.09. The third-order valence-electron chi connectivity index (χ3n) is 5.55. The smallest absolute Gasteiger partial charge is 0.273 e. The molecule has 3 heterocycles. The first-order valence-corrected chi connectivity index (χ1v) is 11.6. The fraction of sp³-hybridized carbons (Fsp3) is 0.304. The minimum absolute atomic E-state index is 0.113. The van der Waals surface area contributed by atoms with Crippen LogP contribution in [0.2, 0.25) is 0 Å². The van der Waals surface area contributed by atoms with E-state index in [0.29, 0.717) is 23.9 Å². The van der Waals surface area contributed by atoms with Crippen LogP contribution in [0, 0.1) is 12.7 Å². The summed E-state index contributed by atoms with van der Waals surface area (Å²) in [6, 6.07) is 7.28. The monoisotopic (exact) mass is 501 g/mol. The van der Waals surface area contributed by atoms with Crippen LogP contribution >= 0.6 is 11.5 Å². The van der Waals surface area contributed by atoms with Crippen molar-refractivity contribution < 1.29 is 27.9 Å². The molecule has 2 atom stereocenters. The molecule has 5 N–H and O–H groups in total. The van der Waals surface area contributed by atoms with Gasteiger partial charge in [-0.25, -0.2) is 4.39 Å². The number of aryl methyl sites for hydroxylation is 1. The summed E-state index contributed by atoms with van der Waals surface area (Å²) in [6.45, 7) is 2.50. The second-order valence-electron chi connectivity index (χ2n) is 8.00. The number of furan rings is 1. The number of carbonyl (C=O) groups excluding carboxylic acids is 3. The third-order valence-corrected chi connectivity index (χ3v) is 6.40. The second kappa shape index (κ2) is 10.2. The summed E-state index contributed by atoms with van der Waals surface area (Å²) in [7, 11) is 0. The van der Waals surface area contributed by atoms with E-state index >= 15 is 4.39 Å². The zero-order chi connectivity index (χ0) is 25.1. The zero-order valence-corrected chi connectivity index (χ0v) is 19.6. The lowest BCUT2D eigenvalue weighted by atomic mass is 10.1. The number of anilines is 2. The number of rotatable bonds is 8. The molecule has 2 aromatic heterocycles. The Morgan fingerprint density at radius 3 is 2.66 bits per heavy atom. The van der Waals surface area contributed by atoms with Gasteiger partial charge in [0, 0.05) is 13.2 Å². The summed E-state index contributed by atoms with van der Waals surface area (Å²) in [4.78, 5) is 39.7. The van der Waals surface area contributed by atoms with Crippen molar-refractivity contribution in [1.82, 2.24) is 9.69 Å². The summed E-state index contributed by atoms with van der Waals surface area (Å²) in [5, 5.41) is 2.79. The predicted molar refractivity (Wildman–Crippen MR) is 126 cm³/mol. The minimum atomic E-state index is -1.40. The van der Waals surface area contributed by atoms with Crippen molar-refractivity contribution in [3.63, 3.8) is 0 Å². The van der Waals surface area contributed by atoms with Gasteiger partial charge in [-0.3, -0.25) is 19.3 Å². The predicted octanol–water partition coefficient (Wildman–Crippen LogP) is 2.55. The quantitative estimate of drug-likeness (QED) is 0.429. The largest absolute Gasteiger partial charge is 0.464 e. The fourth-order valence-corrected chi connectivity index (χ4v) is 4.58. The van der Waals surface area contributed by atoms with Gasteiger partial charge in [-0.1, -0.05) is 12.1 Å². The summed E-state index contributed by atoms with van der Waals surface area (Å²) < 4.78 is 30.2. The Bertz CT molecular complexity index is 1250. The standard InChI is InChI=1S/C23H24FN5O5S/c1-12-8-9-16(34-12)19(22(31)27-11-13-5-4-10-33-13)29(15-7-3-2-6-14(15)24)23(32)20-17(25)18(21(26)30)28-35-20/h2-3,6-9,13,19H,4-5,10-11,25H2,1H3,(H2,26,30)(H,27,31)/t13-,19+/m1/s1. The van der Waals surface area contributed by atoms with Crippen molar-refractivity contribution in [2.45, 2.75) is 31.9 Å². The zero-order valence-electron chi connectivity index (χ0n) is 18.8. The van der Waals surface area contributed by atoms with E-state index in [1.807, 2.05) is 0 Å². The number of nitrogens with zero attached hydrogens (tertiary/aromatic N) is 2. The maximum absolute atomic E-state index is 15.0. The first-order valence-electron chi connectivity index (χ1n) is 10.9. The third kappa shape index (κ3) is 5.03. The molecule has 0 bridgehead atoms. The van der Waals surface area contributed by atoms with E-state index in [-0.39, 0.29) is 40.4 Å². The number of nitrogen functional groups attached to an aromatic ring is 1. The Morgan fingerprint density at radius 1 is 1.29 bits per heavy atom. The van der Waals surface area contributed by atoms with Crippen LogP contribution in [-0.4, -0.2) is 41.4 Å². The van der Waals surface area contributed by atoms with Gasteiger partial charge in [-0.05, 0) is 55.6 Å². The summed E-state index contributed by atoms with van der Waals surface area (Å²) >= 11 is 0.633. The molecule has 0 spiro atoms. The van der Waals surface area contributed by atoms with Crippen molar-refractivity contribution in [3.8, 4) is 0 Å². The first kappa shape index (κ1) is 24.4. The van der Waals surface area contributed by atoms with Crippen molar-refractivity contribution >= 4 is 40.6 Å². The van der Waals surface area contributed by atoms with Crippen LogP contribution in [0.1, 0.15) is 50.6 Å². The maximum atomic E-state index is 15.0. The fourth-order valence-electron chi connectivity index (χ4n) is 3.84. The lowest BCUT2D eigenvalue weighted by Gasteiger charge is -2.30. The Hall–Kier alpha value is -3.77. The molecule has 0 saturated carbocycles. The molecule has 1 saturated heterocycles. The number of para-hydroxylation sites is 1. The number of nitrogens with two attached hydrogens (primary N) is 2. The SMILES string of the molecule is Cc1ccc([C@@H](C(=O)NC[C@H]2CCCO2)N(C(=O)c2snc(C(N)=O)c2N)c2ccccc2F)o1. The van der Waals surface area contributed by atoms with Gasteiger partial charge in [0.2, 0.25) is 0 Å². The number of hydrogen-bond acceptors (Lipinski definition) is 8. The van der Waals surface area contributed by atoms with Gasteiger partial charge in [0.05, 0.1) is 17.5 Å². The van der Waals surface area contributed by atoms with Crippen molar-refractivity contribution in [1.29, 1.82) is 0 Å². The van der Waals surface area contributed by atoms with Gasteiger partial charge >= 0.3 is 0 Å². The summed E-state index contributed by atoms with van der Waals surface area (Å²) in [5.74, 6) is -2.51. The van der Waals surface area contributed by atoms with Gasteiger partial charge < -0.3 is 25.9 Å². The summed E-state index contributed by atoms with van der Waals surface area (Å²) in [5.41, 5.74) is 10.6. The van der Waals surface area contributed by atoms with E-state index < -0.39 is 29.6 Å². The average molecular weight is 502 g/mol. The molecule has 3 aromatic rings. The number of nitrogens with one attached hydrogen (secondary N) is 1. The van der Waals surface area contributed by atoms with Crippen LogP contribution in [0.15, 0.2) is 40.8 Å². The molecular weight excluding hydrogens is 477 g/mol. The summed E-state index contributed by atoms with van der Waals surface area (Å²) in [6.07, 6.45) is 1.51. The molecule has 1 aromatic carbocycles. The van der Waals surface area contributed by atoms with Crippen molar-refractivity contribution in [2.75, 3.05) is 23.8 Å². The molecule has 3 amide bonds. The normalized spacial score (nSPS) is 16.1. The highest BCUT2D eigenvalue weighted by Gasteiger charge is 2.39. The molecule has 0 unspecified atom stereocenters. The van der Waals surface area contributed by atoms with E-state index in [1.165, 1.54) is 24.3 Å². The first-order chi connectivity index (χ1) is 16.8. The molecule has 1 fully saturated rings. The molecule has 184 valence electrons. The lowest BCUT2D eigenvalue weighted by Crippen LogP contribution is -2.45. The number of amides is 3. The van der Waals surface area contributed by atoms with Gasteiger partial charge in [-0.2, -0.15) is 4.37 Å². The molecule has 35 heavy (non-hydrogen) atoms. The number of primary amides is 1. The number of hydrogen-bond donors (Lipinski definition) is 3. The lowest BCUT2D eigenvalue weighted by molar-refractivity contribution is -0.123. The number of halogens is 1. The van der Waals surface area contributed by atoms with Crippen LogP contribution in [0.5, 0.6) is 0 Å². The van der Waals surface area contributed by atoms with E-state index in [4.69, 9.17) is 20.6 Å². The molecule has 1 aliphatic rings. The molecule has 1 aliphatic heterocycles. The molecule has 0 radical (unpaired) electrons. The molecular formula is C23H24FN5O5S. The van der Waals surface area contributed by atoms with Crippen molar-refractivity contribution in [3.05, 3.63) is 64.3 Å². The molecule has 12 heteroatoms. The van der Waals surface area contributed by atoms with E-state index in [2.05, 4.69) is 9.69 Å². The Kier molecular flexibility index (Phi) is 7.12. The van der Waals surface area contributed by atoms with Crippen LogP contribution < -0.4 is 21.7 Å². The van der Waals surface area contributed by atoms with E-state index in [0.717, 1.165) is 23.8 Å². The number of ether oxygens (including phenoxy) is 1. The van der Waals surface area contributed by atoms with E-state index in [9.17, 15) is 14.4 Å². The minimum Gasteiger partial charge on any atom is -0.464 e. The number of carbonyl (C=O) groups is 3. The maximum Gasteiger partial charge on any atom is 0.273 e. The topological polar surface area (TPSA) is 154 Å². The van der Waals surface area contributed by atoms with Gasteiger partial charge in [0.25, 0.3) is 17.7 Å². The van der Waals surface area contributed by atoms with Gasteiger partial charge in [-0.15, -0.1) is 0 Å². The van der Waals surface area contributed by atoms with Gasteiger partial charge in [0.15, 0.2) is 11.7 Å². The van der Waals surface area contributed by atoms with Crippen LogP contribution in [0.3, 0.4) is 0 Å². The highest BCUT2D eigenvalue weighted by Crippen LogP contribution is 2.35. The van der Waals surface area contributed by atoms with Crippen LogP contribution in [-0.2, 0) is 9.53 Å². The highest BCUT2D eigenvalue weighted by atomic mass is 32.1. The molecule has 4 rings (SSSR count). The van der Waals surface area contributed by atoms with Gasteiger partial charge in [0.1, 0.15) is 22.2 Å². The van der Waals surface area contributed by atoms with Crippen LogP contribution in [0.25, 0.3) is 0 Å². The number of aromatic nitrogens is 1. The molecule has 10 nitrogen and oxygen atoms in total. The Balaban J connectivity index is 1.80. The van der Waals surface area contributed by atoms with Crippen LogP contribution in [0.4, 0.5) is 15.8 Å². The van der Waals surface area contributed by atoms with E-state index in [1.54, 1.807) is 13.0 Å². The molecule has 0 aliphatic carbocycles.